The van der Waals surface area contributed by atoms with Gasteiger partial charge in [0.2, 0.25) is 0 Å². The zero-order chi connectivity index (χ0) is 12.6. The lowest BCUT2D eigenvalue weighted by Gasteiger charge is -2.30. The molecule has 1 aromatic heterocycles. The van der Waals surface area contributed by atoms with Gasteiger partial charge in [-0.15, -0.1) is 0 Å². The Labute approximate surface area is 109 Å². The van der Waals surface area contributed by atoms with E-state index in [9.17, 15) is 0 Å². The van der Waals surface area contributed by atoms with Gasteiger partial charge in [-0.1, -0.05) is 6.92 Å². The highest BCUT2D eigenvalue weighted by Crippen LogP contribution is 2.32. The van der Waals surface area contributed by atoms with E-state index in [1.54, 1.807) is 0 Å². The average molecular weight is 249 g/mol. The smallest absolute Gasteiger partial charge is 0.109 e. The highest BCUT2D eigenvalue weighted by Gasteiger charge is 2.36. The zero-order valence-electron chi connectivity index (χ0n) is 11.5. The van der Waals surface area contributed by atoms with Gasteiger partial charge in [0.15, 0.2) is 0 Å². The second-order valence-corrected chi connectivity index (χ2v) is 5.73. The molecule has 0 amide bonds. The van der Waals surface area contributed by atoms with Crippen LogP contribution < -0.4 is 5.32 Å². The maximum atomic E-state index is 5.64. The van der Waals surface area contributed by atoms with Crippen LogP contribution in [-0.2, 0) is 29.7 Å². The number of ether oxygens (including phenoxy) is 1. The van der Waals surface area contributed by atoms with Crippen LogP contribution >= 0.6 is 0 Å². The summed E-state index contributed by atoms with van der Waals surface area (Å²) in [6.07, 6.45) is 4.43. The molecule has 2 aliphatic rings. The molecule has 1 aromatic rings. The molecule has 0 aromatic carbocycles. The van der Waals surface area contributed by atoms with E-state index in [1.807, 2.05) is 0 Å². The Kier molecular flexibility index (Phi) is 3.16. The van der Waals surface area contributed by atoms with Gasteiger partial charge in [0, 0.05) is 38.2 Å². The quantitative estimate of drug-likeness (QED) is 0.884. The first kappa shape index (κ1) is 12.2. The molecule has 0 bridgehead atoms. The minimum absolute atomic E-state index is 0.127. The standard InChI is InChI=1S/C14H23N3O/c1-3-4-13-16-11-9-15-7-5-12(11)17(13)14(2)6-8-18-10-14/h15H,3-10H2,1-2H3. The van der Waals surface area contributed by atoms with Crippen molar-refractivity contribution in [1.82, 2.24) is 14.9 Å². The molecule has 0 radical (unpaired) electrons. The lowest BCUT2D eigenvalue weighted by Crippen LogP contribution is -2.35. The minimum atomic E-state index is 0.127. The van der Waals surface area contributed by atoms with Gasteiger partial charge in [-0.3, -0.25) is 0 Å². The second-order valence-electron chi connectivity index (χ2n) is 5.73. The summed E-state index contributed by atoms with van der Waals surface area (Å²) >= 11 is 0. The number of hydrogen-bond acceptors (Lipinski definition) is 3. The summed E-state index contributed by atoms with van der Waals surface area (Å²) < 4.78 is 8.16. The van der Waals surface area contributed by atoms with E-state index in [0.29, 0.717) is 0 Å². The summed E-state index contributed by atoms with van der Waals surface area (Å²) in [6, 6.07) is 0. The van der Waals surface area contributed by atoms with Crippen LogP contribution in [0.5, 0.6) is 0 Å². The molecule has 1 saturated heterocycles. The Bertz CT molecular complexity index is 432. The van der Waals surface area contributed by atoms with Crippen LogP contribution in [0.2, 0.25) is 0 Å². The summed E-state index contributed by atoms with van der Waals surface area (Å²) in [5.41, 5.74) is 2.84. The molecule has 1 fully saturated rings. The molecule has 0 spiro atoms. The lowest BCUT2D eigenvalue weighted by molar-refractivity contribution is 0.158. The molecule has 4 nitrogen and oxygen atoms in total. The monoisotopic (exact) mass is 249 g/mol. The molecule has 0 aliphatic carbocycles. The maximum absolute atomic E-state index is 5.64. The van der Waals surface area contributed by atoms with E-state index in [1.165, 1.54) is 17.2 Å². The Morgan fingerprint density at radius 2 is 2.39 bits per heavy atom. The van der Waals surface area contributed by atoms with Crippen molar-refractivity contribution in [2.75, 3.05) is 19.8 Å². The fourth-order valence-electron chi connectivity index (χ4n) is 3.23. The lowest BCUT2D eigenvalue weighted by atomic mass is 9.99. The van der Waals surface area contributed by atoms with Gasteiger partial charge in [0.05, 0.1) is 17.8 Å². The van der Waals surface area contributed by atoms with E-state index >= 15 is 0 Å². The SMILES string of the molecule is CCCc1nc2c(n1C1(C)CCOC1)CCNC2. The second kappa shape index (κ2) is 4.67. The highest BCUT2D eigenvalue weighted by molar-refractivity contribution is 5.23. The molecule has 2 aliphatic heterocycles. The van der Waals surface area contributed by atoms with Gasteiger partial charge in [-0.25, -0.2) is 4.98 Å². The summed E-state index contributed by atoms with van der Waals surface area (Å²) in [4.78, 5) is 4.88. The van der Waals surface area contributed by atoms with Crippen molar-refractivity contribution in [3.8, 4) is 0 Å². The normalized spacial score (nSPS) is 27.4. The first-order chi connectivity index (χ1) is 8.74. The fraction of sp³-hybridized carbons (Fsp3) is 0.786. The van der Waals surface area contributed by atoms with Gasteiger partial charge in [0.1, 0.15) is 5.82 Å². The summed E-state index contributed by atoms with van der Waals surface area (Å²) in [6.45, 7) is 8.26. The third-order valence-corrected chi connectivity index (χ3v) is 4.17. The average Bonchev–Trinajstić information content (AvgIpc) is 2.93. The van der Waals surface area contributed by atoms with Gasteiger partial charge in [0.25, 0.3) is 0 Å². The summed E-state index contributed by atoms with van der Waals surface area (Å²) in [7, 11) is 0. The Morgan fingerprint density at radius 1 is 1.50 bits per heavy atom. The van der Waals surface area contributed by atoms with Crippen molar-refractivity contribution in [3.63, 3.8) is 0 Å². The number of rotatable bonds is 3. The summed E-state index contributed by atoms with van der Waals surface area (Å²) in [5, 5.41) is 3.42. The van der Waals surface area contributed by atoms with Crippen LogP contribution in [0.25, 0.3) is 0 Å². The minimum Gasteiger partial charge on any atom is -0.379 e. The van der Waals surface area contributed by atoms with Gasteiger partial charge in [-0.2, -0.15) is 0 Å². The first-order valence-electron chi connectivity index (χ1n) is 7.13. The largest absolute Gasteiger partial charge is 0.379 e. The maximum Gasteiger partial charge on any atom is 0.109 e. The molecule has 1 atom stereocenters. The van der Waals surface area contributed by atoms with Crippen molar-refractivity contribution >= 4 is 0 Å². The number of hydrogen-bond donors (Lipinski definition) is 1. The Morgan fingerprint density at radius 3 is 3.11 bits per heavy atom. The molecule has 4 heteroatoms. The third-order valence-electron chi connectivity index (χ3n) is 4.17. The van der Waals surface area contributed by atoms with Gasteiger partial charge >= 0.3 is 0 Å². The van der Waals surface area contributed by atoms with Crippen molar-refractivity contribution < 1.29 is 4.74 Å². The van der Waals surface area contributed by atoms with Crippen LogP contribution in [0.1, 0.15) is 43.9 Å². The molecule has 1 N–H and O–H groups in total. The molecule has 0 saturated carbocycles. The molecule has 3 rings (SSSR count). The van der Waals surface area contributed by atoms with Crippen LogP contribution in [0.4, 0.5) is 0 Å². The number of imidazole rings is 1. The molecule has 3 heterocycles. The first-order valence-corrected chi connectivity index (χ1v) is 7.13. The van der Waals surface area contributed by atoms with Gasteiger partial charge < -0.3 is 14.6 Å². The van der Waals surface area contributed by atoms with Gasteiger partial charge in [-0.05, 0) is 19.8 Å². The number of fused-ring (bicyclic) bond motifs is 1. The van der Waals surface area contributed by atoms with Crippen LogP contribution in [0.3, 0.4) is 0 Å². The number of aromatic nitrogens is 2. The van der Waals surface area contributed by atoms with Crippen molar-refractivity contribution in [3.05, 3.63) is 17.2 Å². The number of aryl methyl sites for hydroxylation is 1. The summed E-state index contributed by atoms with van der Waals surface area (Å²) in [5.74, 6) is 1.26. The van der Waals surface area contributed by atoms with Crippen molar-refractivity contribution in [1.29, 1.82) is 0 Å². The van der Waals surface area contributed by atoms with E-state index in [2.05, 4.69) is 23.7 Å². The molecule has 18 heavy (non-hydrogen) atoms. The number of nitrogens with zero attached hydrogens (tertiary/aromatic N) is 2. The van der Waals surface area contributed by atoms with E-state index in [-0.39, 0.29) is 5.54 Å². The van der Waals surface area contributed by atoms with Crippen LogP contribution in [-0.4, -0.2) is 29.3 Å². The van der Waals surface area contributed by atoms with Crippen molar-refractivity contribution in [2.45, 2.75) is 51.6 Å². The molecule has 100 valence electrons. The molecular formula is C14H23N3O. The van der Waals surface area contributed by atoms with Crippen LogP contribution in [0.15, 0.2) is 0 Å². The Balaban J connectivity index is 2.06. The zero-order valence-corrected chi connectivity index (χ0v) is 11.5. The highest BCUT2D eigenvalue weighted by atomic mass is 16.5. The topological polar surface area (TPSA) is 39.1 Å². The third kappa shape index (κ3) is 1.88. The predicted octanol–water partition coefficient (Wildman–Crippen LogP) is 1.62. The Hall–Kier alpha value is -0.870. The molecular weight excluding hydrogens is 226 g/mol. The van der Waals surface area contributed by atoms with E-state index in [4.69, 9.17) is 9.72 Å². The molecule has 1 unspecified atom stereocenters. The van der Waals surface area contributed by atoms with E-state index in [0.717, 1.165) is 52.0 Å². The fourth-order valence-corrected chi connectivity index (χ4v) is 3.23. The predicted molar refractivity (Wildman–Crippen MR) is 70.7 cm³/mol. The van der Waals surface area contributed by atoms with Crippen LogP contribution in [0, 0.1) is 0 Å². The van der Waals surface area contributed by atoms with Crippen molar-refractivity contribution in [2.24, 2.45) is 0 Å². The number of nitrogens with one attached hydrogen (secondary N) is 1. The van der Waals surface area contributed by atoms with E-state index < -0.39 is 0 Å².